The second kappa shape index (κ2) is 8.08. The highest BCUT2D eigenvalue weighted by Crippen LogP contribution is 2.32. The molecule has 0 saturated carbocycles. The van der Waals surface area contributed by atoms with E-state index in [9.17, 15) is 18.0 Å². The van der Waals surface area contributed by atoms with Crippen LogP contribution in [0.15, 0.2) is 84.9 Å². The molecule has 0 saturated heterocycles. The van der Waals surface area contributed by atoms with Crippen molar-refractivity contribution in [3.8, 4) is 0 Å². The Bertz CT molecular complexity index is 892. The molecular formula is C22H18F3NO. The number of hydrogen-bond acceptors (Lipinski definition) is 1. The summed E-state index contributed by atoms with van der Waals surface area (Å²) in [7, 11) is 0. The Labute approximate surface area is 155 Å². The second-order valence-corrected chi connectivity index (χ2v) is 6.17. The largest absolute Gasteiger partial charge is 0.417 e. The molecule has 5 heteroatoms. The fraction of sp³-hybridized carbons (Fsp3) is 0.136. The van der Waals surface area contributed by atoms with Crippen LogP contribution in [0.1, 0.15) is 33.1 Å². The van der Waals surface area contributed by atoms with Crippen LogP contribution < -0.4 is 5.32 Å². The van der Waals surface area contributed by atoms with E-state index in [1.807, 2.05) is 60.7 Å². The number of halogens is 3. The van der Waals surface area contributed by atoms with Crippen molar-refractivity contribution in [2.45, 2.75) is 18.6 Å². The van der Waals surface area contributed by atoms with Crippen molar-refractivity contribution < 1.29 is 18.0 Å². The van der Waals surface area contributed by atoms with E-state index < -0.39 is 23.7 Å². The van der Waals surface area contributed by atoms with E-state index in [2.05, 4.69) is 5.32 Å². The fourth-order valence-electron chi connectivity index (χ4n) is 2.95. The van der Waals surface area contributed by atoms with Gasteiger partial charge in [-0.25, -0.2) is 0 Å². The summed E-state index contributed by atoms with van der Waals surface area (Å²) in [6.45, 7) is 0. The van der Waals surface area contributed by atoms with Gasteiger partial charge in [0.15, 0.2) is 0 Å². The highest BCUT2D eigenvalue weighted by Gasteiger charge is 2.35. The van der Waals surface area contributed by atoms with E-state index in [0.29, 0.717) is 6.42 Å². The smallest absolute Gasteiger partial charge is 0.345 e. The van der Waals surface area contributed by atoms with E-state index in [4.69, 9.17) is 0 Å². The molecule has 27 heavy (non-hydrogen) atoms. The predicted octanol–water partition coefficient (Wildman–Crippen LogP) is 5.42. The number of benzene rings is 3. The molecule has 0 bridgehead atoms. The van der Waals surface area contributed by atoms with Crippen LogP contribution >= 0.6 is 0 Å². The molecule has 1 amide bonds. The van der Waals surface area contributed by atoms with E-state index in [0.717, 1.165) is 17.2 Å². The number of nitrogens with one attached hydrogen (secondary N) is 1. The zero-order valence-corrected chi connectivity index (χ0v) is 14.4. The van der Waals surface area contributed by atoms with Crippen molar-refractivity contribution in [2.75, 3.05) is 0 Å². The molecule has 3 rings (SSSR count). The fourth-order valence-corrected chi connectivity index (χ4v) is 2.95. The number of alkyl halides is 3. The summed E-state index contributed by atoms with van der Waals surface area (Å²) >= 11 is 0. The molecule has 138 valence electrons. The maximum Gasteiger partial charge on any atom is 0.417 e. The minimum Gasteiger partial charge on any atom is -0.345 e. The van der Waals surface area contributed by atoms with Gasteiger partial charge in [0.25, 0.3) is 5.91 Å². The maximum absolute atomic E-state index is 13.2. The van der Waals surface area contributed by atoms with Gasteiger partial charge in [-0.1, -0.05) is 72.8 Å². The topological polar surface area (TPSA) is 29.1 Å². The maximum atomic E-state index is 13.2. The molecule has 0 aromatic heterocycles. The van der Waals surface area contributed by atoms with Gasteiger partial charge in [0.1, 0.15) is 0 Å². The second-order valence-electron chi connectivity index (χ2n) is 6.17. The molecule has 0 fully saturated rings. The standard InChI is InChI=1S/C22H18F3NO/c23-22(24,25)19-14-8-7-13-18(19)21(27)26-20(17-11-5-2-6-12-17)15-16-9-3-1-4-10-16/h1-14,20H,15H2,(H,26,27)/t20-/m1/s1. The van der Waals surface area contributed by atoms with Gasteiger partial charge in [0.05, 0.1) is 17.2 Å². The average Bonchev–Trinajstić information content (AvgIpc) is 2.68. The summed E-state index contributed by atoms with van der Waals surface area (Å²) in [5.41, 5.74) is 0.503. The predicted molar refractivity (Wildman–Crippen MR) is 98.2 cm³/mol. The van der Waals surface area contributed by atoms with E-state index in [1.54, 1.807) is 0 Å². The Hall–Kier alpha value is -3.08. The molecule has 0 heterocycles. The van der Waals surface area contributed by atoms with Crippen LogP contribution in [0, 0.1) is 0 Å². The molecule has 0 aliphatic carbocycles. The summed E-state index contributed by atoms with van der Waals surface area (Å²) in [6.07, 6.45) is -4.11. The van der Waals surface area contributed by atoms with Crippen LogP contribution in [-0.4, -0.2) is 5.91 Å². The van der Waals surface area contributed by atoms with Gasteiger partial charge in [-0.05, 0) is 29.7 Å². The number of carbonyl (C=O) groups excluding carboxylic acids is 1. The first-order chi connectivity index (χ1) is 12.9. The monoisotopic (exact) mass is 369 g/mol. The van der Waals surface area contributed by atoms with Gasteiger partial charge < -0.3 is 5.32 Å². The summed E-state index contributed by atoms with van der Waals surface area (Å²) in [5, 5.41) is 2.77. The molecule has 0 aliphatic heterocycles. The van der Waals surface area contributed by atoms with Crippen molar-refractivity contribution in [2.24, 2.45) is 0 Å². The Morgan fingerprint density at radius 2 is 1.37 bits per heavy atom. The quantitative estimate of drug-likeness (QED) is 0.639. The number of carbonyl (C=O) groups is 1. The van der Waals surface area contributed by atoms with Crippen molar-refractivity contribution in [3.05, 3.63) is 107 Å². The lowest BCUT2D eigenvalue weighted by molar-refractivity contribution is -0.137. The summed E-state index contributed by atoms with van der Waals surface area (Å²) in [5.74, 6) is -0.743. The average molecular weight is 369 g/mol. The normalized spacial score (nSPS) is 12.4. The third-order valence-electron chi connectivity index (χ3n) is 4.27. The first-order valence-corrected chi connectivity index (χ1v) is 8.51. The highest BCUT2D eigenvalue weighted by molar-refractivity contribution is 5.96. The number of hydrogen-bond donors (Lipinski definition) is 1. The molecule has 0 unspecified atom stereocenters. The Kier molecular flexibility index (Phi) is 5.60. The van der Waals surface area contributed by atoms with Gasteiger partial charge in [0, 0.05) is 0 Å². The van der Waals surface area contributed by atoms with Gasteiger partial charge >= 0.3 is 6.18 Å². The van der Waals surface area contributed by atoms with Crippen LogP contribution in [0.2, 0.25) is 0 Å². The molecule has 0 aliphatic rings. The third kappa shape index (κ3) is 4.76. The number of amides is 1. The molecular weight excluding hydrogens is 351 g/mol. The summed E-state index contributed by atoms with van der Waals surface area (Å²) in [6, 6.07) is 23.1. The van der Waals surface area contributed by atoms with Crippen LogP contribution in [0.3, 0.4) is 0 Å². The van der Waals surface area contributed by atoms with Gasteiger partial charge in [-0.2, -0.15) is 13.2 Å². The first kappa shape index (κ1) is 18.7. The zero-order chi connectivity index (χ0) is 19.3. The molecule has 3 aromatic rings. The lowest BCUT2D eigenvalue weighted by atomic mass is 9.98. The Morgan fingerprint density at radius 1 is 0.815 bits per heavy atom. The van der Waals surface area contributed by atoms with Gasteiger partial charge in [-0.15, -0.1) is 0 Å². The van der Waals surface area contributed by atoms with Crippen molar-refractivity contribution in [3.63, 3.8) is 0 Å². The van der Waals surface area contributed by atoms with Crippen LogP contribution in [-0.2, 0) is 12.6 Å². The van der Waals surface area contributed by atoms with Gasteiger partial charge in [0.2, 0.25) is 0 Å². The van der Waals surface area contributed by atoms with Crippen molar-refractivity contribution >= 4 is 5.91 Å². The molecule has 0 radical (unpaired) electrons. The van der Waals surface area contributed by atoms with Crippen molar-refractivity contribution in [1.29, 1.82) is 0 Å². The molecule has 1 atom stereocenters. The lowest BCUT2D eigenvalue weighted by Crippen LogP contribution is -2.31. The highest BCUT2D eigenvalue weighted by atomic mass is 19.4. The molecule has 3 aromatic carbocycles. The Balaban J connectivity index is 1.90. The summed E-state index contributed by atoms with van der Waals surface area (Å²) in [4.78, 5) is 12.7. The van der Waals surface area contributed by atoms with E-state index in [1.165, 1.54) is 18.2 Å². The Morgan fingerprint density at radius 3 is 2.00 bits per heavy atom. The summed E-state index contributed by atoms with van der Waals surface area (Å²) < 4.78 is 39.7. The molecule has 1 N–H and O–H groups in total. The van der Waals surface area contributed by atoms with Crippen LogP contribution in [0.25, 0.3) is 0 Å². The van der Waals surface area contributed by atoms with Gasteiger partial charge in [-0.3, -0.25) is 4.79 Å². The minimum absolute atomic E-state index is 0.376. The van der Waals surface area contributed by atoms with Crippen LogP contribution in [0.5, 0.6) is 0 Å². The van der Waals surface area contributed by atoms with E-state index in [-0.39, 0.29) is 5.56 Å². The zero-order valence-electron chi connectivity index (χ0n) is 14.4. The first-order valence-electron chi connectivity index (χ1n) is 8.51. The van der Waals surface area contributed by atoms with Crippen molar-refractivity contribution in [1.82, 2.24) is 5.32 Å². The lowest BCUT2D eigenvalue weighted by Gasteiger charge is -2.21. The number of rotatable bonds is 5. The molecule has 0 spiro atoms. The van der Waals surface area contributed by atoms with E-state index >= 15 is 0 Å². The SMILES string of the molecule is O=C(N[C@H](Cc1ccccc1)c1ccccc1)c1ccccc1C(F)(F)F. The minimum atomic E-state index is -4.59. The van der Waals surface area contributed by atoms with Crippen LogP contribution in [0.4, 0.5) is 13.2 Å². The third-order valence-corrected chi connectivity index (χ3v) is 4.27. The molecule has 2 nitrogen and oxygen atoms in total.